The Morgan fingerprint density at radius 1 is 1.04 bits per heavy atom. The second kappa shape index (κ2) is 7.10. The van der Waals surface area contributed by atoms with Crippen molar-refractivity contribution in [3.05, 3.63) is 28.7 Å². The molecule has 0 aliphatic carbocycles. The van der Waals surface area contributed by atoms with Crippen LogP contribution >= 0.6 is 0 Å². The number of carbonyl (C=O) groups is 1. The Hall–Kier alpha value is -2.17. The first kappa shape index (κ1) is 18.2. The average Bonchev–Trinajstić information content (AvgIpc) is 3.07. The van der Waals surface area contributed by atoms with Gasteiger partial charge in [0.2, 0.25) is 15.9 Å². The summed E-state index contributed by atoms with van der Waals surface area (Å²) < 4.78 is 27.2. The Morgan fingerprint density at radius 3 is 2.48 bits per heavy atom. The Balaban J connectivity index is 1.45. The molecule has 146 valence electrons. The first-order chi connectivity index (χ1) is 12.9. The van der Waals surface area contributed by atoms with Gasteiger partial charge in [0, 0.05) is 26.2 Å². The molecule has 2 aromatic rings. The van der Waals surface area contributed by atoms with Crippen LogP contribution in [0.4, 0.5) is 0 Å². The van der Waals surface area contributed by atoms with Gasteiger partial charge in [-0.2, -0.15) is 4.31 Å². The molecule has 0 saturated carbocycles. The zero-order valence-electron chi connectivity index (χ0n) is 14.9. The molecule has 1 unspecified atom stereocenters. The molecule has 1 aromatic heterocycles. The van der Waals surface area contributed by atoms with Crippen molar-refractivity contribution in [2.24, 2.45) is 0 Å². The predicted molar refractivity (Wildman–Crippen MR) is 99.9 cm³/mol. The van der Waals surface area contributed by atoms with Crippen LogP contribution in [0.2, 0.25) is 0 Å². The quantitative estimate of drug-likeness (QED) is 0.669. The fraction of sp³-hybridized carbons (Fsp3) is 0.529. The number of aromatic nitrogens is 2. The van der Waals surface area contributed by atoms with E-state index in [0.717, 1.165) is 25.8 Å². The molecule has 2 fully saturated rings. The lowest BCUT2D eigenvalue weighted by Crippen LogP contribution is -2.55. The van der Waals surface area contributed by atoms with Gasteiger partial charge in [-0.1, -0.05) is 6.42 Å². The summed E-state index contributed by atoms with van der Waals surface area (Å²) in [6, 6.07) is 4.39. The summed E-state index contributed by atoms with van der Waals surface area (Å²) in [5.41, 5.74) is 0.649. The molecule has 2 aliphatic heterocycles. The van der Waals surface area contributed by atoms with Gasteiger partial charge in [-0.3, -0.25) is 4.79 Å². The summed E-state index contributed by atoms with van der Waals surface area (Å²) >= 11 is 0. The van der Waals surface area contributed by atoms with Crippen LogP contribution in [0, 0.1) is 0 Å². The highest BCUT2D eigenvalue weighted by Gasteiger charge is 2.33. The lowest BCUT2D eigenvalue weighted by atomic mass is 10.0. The number of piperazine rings is 1. The number of nitrogens with zero attached hydrogens (tertiary/aromatic N) is 2. The number of hydrogen-bond acceptors (Lipinski definition) is 5. The highest BCUT2D eigenvalue weighted by atomic mass is 32.2. The van der Waals surface area contributed by atoms with E-state index >= 15 is 0 Å². The smallest absolute Gasteiger partial charge is 0.323 e. The molecule has 27 heavy (non-hydrogen) atoms. The normalized spacial score (nSPS) is 22.2. The molecule has 3 heterocycles. The number of amides is 1. The maximum absolute atomic E-state index is 12.9. The average molecular weight is 393 g/mol. The fourth-order valence-corrected chi connectivity index (χ4v) is 5.20. The number of H-pyrrole nitrogens is 2. The van der Waals surface area contributed by atoms with E-state index in [1.54, 1.807) is 11.0 Å². The molecule has 0 radical (unpaired) electrons. The van der Waals surface area contributed by atoms with Crippen molar-refractivity contribution in [2.75, 3.05) is 32.7 Å². The minimum absolute atomic E-state index is 0.0677. The van der Waals surface area contributed by atoms with Crippen LogP contribution in [0.5, 0.6) is 0 Å². The summed E-state index contributed by atoms with van der Waals surface area (Å²) in [6.45, 7) is 2.17. The van der Waals surface area contributed by atoms with Crippen molar-refractivity contribution in [3.63, 3.8) is 0 Å². The molecule has 3 N–H and O–H groups in total. The monoisotopic (exact) mass is 393 g/mol. The van der Waals surface area contributed by atoms with Gasteiger partial charge >= 0.3 is 5.69 Å². The first-order valence-electron chi connectivity index (χ1n) is 9.19. The van der Waals surface area contributed by atoms with Gasteiger partial charge in [-0.25, -0.2) is 13.2 Å². The lowest BCUT2D eigenvalue weighted by Gasteiger charge is -2.36. The van der Waals surface area contributed by atoms with E-state index in [0.29, 0.717) is 24.1 Å². The standard InChI is InChI=1S/C17H23N5O4S/c23-16(14-3-1-2-6-18-14)21-7-9-22(10-8-21)27(25,26)12-4-5-13-15(11-12)20-17(24)19-13/h4-5,11,14,18H,1-3,6-10H2,(H2,19,20,24). The molecular weight excluding hydrogens is 370 g/mol. The number of piperidine rings is 1. The van der Waals surface area contributed by atoms with Crippen LogP contribution < -0.4 is 11.0 Å². The van der Waals surface area contributed by atoms with Gasteiger partial charge in [-0.05, 0) is 37.6 Å². The molecule has 1 atom stereocenters. The van der Waals surface area contributed by atoms with Crippen molar-refractivity contribution in [3.8, 4) is 0 Å². The first-order valence-corrected chi connectivity index (χ1v) is 10.6. The molecule has 2 saturated heterocycles. The van der Waals surface area contributed by atoms with Gasteiger partial charge in [-0.15, -0.1) is 0 Å². The van der Waals surface area contributed by atoms with E-state index in [1.807, 2.05) is 0 Å². The van der Waals surface area contributed by atoms with Crippen molar-refractivity contribution in [1.29, 1.82) is 0 Å². The zero-order valence-corrected chi connectivity index (χ0v) is 15.7. The summed E-state index contributed by atoms with van der Waals surface area (Å²) in [7, 11) is -3.67. The zero-order chi connectivity index (χ0) is 19.0. The number of fused-ring (bicyclic) bond motifs is 1. The van der Waals surface area contributed by atoms with Crippen molar-refractivity contribution < 1.29 is 13.2 Å². The van der Waals surface area contributed by atoms with Crippen molar-refractivity contribution >= 4 is 27.0 Å². The van der Waals surface area contributed by atoms with Gasteiger partial charge in [0.15, 0.2) is 0 Å². The Kier molecular flexibility index (Phi) is 4.79. The molecule has 4 rings (SSSR count). The van der Waals surface area contributed by atoms with Crippen LogP contribution in [-0.2, 0) is 14.8 Å². The van der Waals surface area contributed by atoms with E-state index in [9.17, 15) is 18.0 Å². The number of hydrogen-bond donors (Lipinski definition) is 3. The lowest BCUT2D eigenvalue weighted by molar-refractivity contribution is -0.135. The van der Waals surface area contributed by atoms with Gasteiger partial charge in [0.1, 0.15) is 0 Å². The molecule has 9 nitrogen and oxygen atoms in total. The minimum atomic E-state index is -3.67. The Labute approximate surface area is 156 Å². The second-order valence-corrected chi connectivity index (χ2v) is 8.96. The second-order valence-electron chi connectivity index (χ2n) is 7.02. The van der Waals surface area contributed by atoms with Gasteiger partial charge in [0.05, 0.1) is 22.0 Å². The van der Waals surface area contributed by atoms with Crippen molar-refractivity contribution in [2.45, 2.75) is 30.2 Å². The van der Waals surface area contributed by atoms with Crippen molar-refractivity contribution in [1.82, 2.24) is 24.5 Å². The third-order valence-electron chi connectivity index (χ3n) is 5.28. The largest absolute Gasteiger partial charge is 0.339 e. The number of imidazole rings is 1. The maximum Gasteiger partial charge on any atom is 0.323 e. The van der Waals surface area contributed by atoms with Crippen LogP contribution in [0.25, 0.3) is 11.0 Å². The molecule has 1 amide bonds. The summed E-state index contributed by atoms with van der Waals surface area (Å²) in [6.07, 6.45) is 2.97. The highest BCUT2D eigenvalue weighted by molar-refractivity contribution is 7.89. The van der Waals surface area contributed by atoms with Gasteiger partial charge < -0.3 is 20.2 Å². The predicted octanol–water partition coefficient (Wildman–Crippen LogP) is -0.169. The Morgan fingerprint density at radius 2 is 1.78 bits per heavy atom. The molecule has 0 bridgehead atoms. The highest BCUT2D eigenvalue weighted by Crippen LogP contribution is 2.21. The third kappa shape index (κ3) is 3.52. The van der Waals surface area contributed by atoms with Crippen LogP contribution in [-0.4, -0.2) is 72.3 Å². The van der Waals surface area contributed by atoms with Crippen LogP contribution in [0.15, 0.2) is 27.9 Å². The minimum Gasteiger partial charge on any atom is -0.339 e. The maximum atomic E-state index is 12.9. The molecule has 2 aliphatic rings. The SMILES string of the molecule is O=C(C1CCCCN1)N1CCN(S(=O)(=O)c2ccc3[nH]c(=O)[nH]c3c2)CC1. The molecular formula is C17H23N5O4S. The molecule has 0 spiro atoms. The Bertz CT molecular complexity index is 998. The van der Waals surface area contributed by atoms with Crippen LogP contribution in [0.1, 0.15) is 19.3 Å². The number of rotatable bonds is 3. The van der Waals surface area contributed by atoms with Gasteiger partial charge in [0.25, 0.3) is 0 Å². The fourth-order valence-electron chi connectivity index (χ4n) is 3.75. The van der Waals surface area contributed by atoms with E-state index in [1.165, 1.54) is 16.4 Å². The summed E-state index contributed by atoms with van der Waals surface area (Å²) in [5.74, 6) is 0.0677. The molecule has 1 aromatic carbocycles. The number of carbonyl (C=O) groups excluding carboxylic acids is 1. The summed E-state index contributed by atoms with van der Waals surface area (Å²) in [4.78, 5) is 31.0. The van der Waals surface area contributed by atoms with Crippen LogP contribution in [0.3, 0.4) is 0 Å². The van der Waals surface area contributed by atoms with E-state index in [2.05, 4.69) is 15.3 Å². The number of benzene rings is 1. The topological polar surface area (TPSA) is 118 Å². The van der Waals surface area contributed by atoms with E-state index in [-0.39, 0.29) is 35.6 Å². The number of nitrogens with one attached hydrogen (secondary N) is 3. The third-order valence-corrected chi connectivity index (χ3v) is 7.18. The number of aromatic amines is 2. The number of sulfonamides is 1. The summed E-state index contributed by atoms with van der Waals surface area (Å²) in [5, 5.41) is 3.25. The molecule has 10 heteroatoms. The van der Waals surface area contributed by atoms with E-state index < -0.39 is 10.0 Å². The van der Waals surface area contributed by atoms with E-state index in [4.69, 9.17) is 0 Å².